The van der Waals surface area contributed by atoms with Gasteiger partial charge in [0.1, 0.15) is 4.47 Å². The Morgan fingerprint density at radius 2 is 2.31 bits per heavy atom. The quantitative estimate of drug-likeness (QED) is 0.798. The van der Waals surface area contributed by atoms with Gasteiger partial charge in [-0.15, -0.1) is 0 Å². The molecule has 0 aliphatic heterocycles. The predicted octanol–water partition coefficient (Wildman–Crippen LogP) is 2.10. The van der Waals surface area contributed by atoms with E-state index >= 15 is 0 Å². The van der Waals surface area contributed by atoms with Crippen LogP contribution in [0.5, 0.6) is 0 Å². The Kier molecular flexibility index (Phi) is 3.36. The van der Waals surface area contributed by atoms with Crippen molar-refractivity contribution in [2.45, 2.75) is 6.54 Å². The van der Waals surface area contributed by atoms with Gasteiger partial charge < -0.3 is 0 Å². The van der Waals surface area contributed by atoms with Crippen LogP contribution < -0.4 is 5.56 Å². The number of hydrogen-bond donors (Lipinski definition) is 0. The highest BCUT2D eigenvalue weighted by molar-refractivity contribution is 9.10. The average molecular weight is 301 g/mol. The maximum absolute atomic E-state index is 11.8. The molecule has 0 radical (unpaired) electrons. The molecule has 0 bridgehead atoms. The number of rotatable bonds is 2. The van der Waals surface area contributed by atoms with Crippen molar-refractivity contribution < 1.29 is 0 Å². The van der Waals surface area contributed by atoms with E-state index in [0.29, 0.717) is 6.54 Å². The molecule has 2 aromatic rings. The number of halogens is 2. The van der Waals surface area contributed by atoms with Gasteiger partial charge in [0.2, 0.25) is 0 Å². The van der Waals surface area contributed by atoms with E-state index < -0.39 is 0 Å². The topological polar surface area (TPSA) is 47.8 Å². The van der Waals surface area contributed by atoms with Gasteiger partial charge in [-0.2, -0.15) is 0 Å². The van der Waals surface area contributed by atoms with Crippen LogP contribution in [0.25, 0.3) is 0 Å². The second-order valence-corrected chi connectivity index (χ2v) is 4.29. The lowest BCUT2D eigenvalue weighted by Crippen LogP contribution is -2.21. The molecule has 16 heavy (non-hydrogen) atoms. The van der Waals surface area contributed by atoms with E-state index in [4.69, 9.17) is 11.6 Å². The summed E-state index contributed by atoms with van der Waals surface area (Å²) >= 11 is 8.81. The standard InChI is InChI=1S/C10H7BrClN3O/c11-8-9(12)14-6-15(10(8)16)5-7-2-1-3-13-4-7/h1-4,6H,5H2. The summed E-state index contributed by atoms with van der Waals surface area (Å²) in [6.45, 7) is 0.426. The van der Waals surface area contributed by atoms with Crippen molar-refractivity contribution in [1.82, 2.24) is 14.5 Å². The Morgan fingerprint density at radius 1 is 1.50 bits per heavy atom. The molecule has 0 amide bonds. The number of aromatic nitrogens is 3. The van der Waals surface area contributed by atoms with E-state index in [1.54, 1.807) is 12.4 Å². The summed E-state index contributed by atoms with van der Waals surface area (Å²) < 4.78 is 1.74. The molecule has 6 heteroatoms. The molecular weight excluding hydrogens is 293 g/mol. The molecule has 0 atom stereocenters. The molecule has 0 aliphatic carbocycles. The third-order valence-corrected chi connectivity index (χ3v) is 3.25. The second-order valence-electron chi connectivity index (χ2n) is 3.14. The SMILES string of the molecule is O=c1c(Br)c(Cl)ncn1Cc1cccnc1. The van der Waals surface area contributed by atoms with Crippen LogP contribution >= 0.6 is 27.5 Å². The number of nitrogens with zero attached hydrogens (tertiary/aromatic N) is 3. The minimum atomic E-state index is -0.205. The molecule has 2 rings (SSSR count). The van der Waals surface area contributed by atoms with Gasteiger partial charge in [-0.25, -0.2) is 4.98 Å². The maximum Gasteiger partial charge on any atom is 0.269 e. The largest absolute Gasteiger partial charge is 0.294 e. The molecule has 2 aromatic heterocycles. The van der Waals surface area contributed by atoms with Gasteiger partial charge in [-0.3, -0.25) is 14.3 Å². The zero-order valence-electron chi connectivity index (χ0n) is 8.10. The molecule has 0 aromatic carbocycles. The van der Waals surface area contributed by atoms with Gasteiger partial charge in [0.05, 0.1) is 12.9 Å². The van der Waals surface area contributed by atoms with Crippen LogP contribution in [0.1, 0.15) is 5.56 Å². The summed E-state index contributed by atoms with van der Waals surface area (Å²) in [6, 6.07) is 3.71. The van der Waals surface area contributed by atoms with Crippen LogP contribution in [0, 0.1) is 0 Å². The highest BCUT2D eigenvalue weighted by Crippen LogP contribution is 2.13. The molecule has 2 heterocycles. The minimum absolute atomic E-state index is 0.174. The number of hydrogen-bond acceptors (Lipinski definition) is 3. The van der Waals surface area contributed by atoms with Gasteiger partial charge in [-0.05, 0) is 27.6 Å². The van der Waals surface area contributed by atoms with Crippen LogP contribution in [0.4, 0.5) is 0 Å². The highest BCUT2D eigenvalue weighted by atomic mass is 79.9. The van der Waals surface area contributed by atoms with Crippen LogP contribution in [-0.4, -0.2) is 14.5 Å². The van der Waals surface area contributed by atoms with Crippen molar-refractivity contribution in [2.75, 3.05) is 0 Å². The minimum Gasteiger partial charge on any atom is -0.294 e. The molecule has 4 nitrogen and oxygen atoms in total. The Bertz CT molecular complexity index is 556. The first kappa shape index (κ1) is 11.3. The summed E-state index contributed by atoms with van der Waals surface area (Å²) in [5.74, 6) is 0. The fraction of sp³-hybridized carbons (Fsp3) is 0.100. The van der Waals surface area contributed by atoms with E-state index in [0.717, 1.165) is 5.56 Å². The third kappa shape index (κ3) is 2.31. The molecule has 0 fully saturated rings. The smallest absolute Gasteiger partial charge is 0.269 e. The van der Waals surface area contributed by atoms with Crippen molar-refractivity contribution >= 4 is 27.5 Å². The van der Waals surface area contributed by atoms with Crippen molar-refractivity contribution in [1.29, 1.82) is 0 Å². The zero-order chi connectivity index (χ0) is 11.5. The molecule has 0 N–H and O–H groups in total. The van der Waals surface area contributed by atoms with Crippen LogP contribution in [0.2, 0.25) is 5.15 Å². The monoisotopic (exact) mass is 299 g/mol. The van der Waals surface area contributed by atoms with Crippen molar-refractivity contribution in [2.24, 2.45) is 0 Å². The summed E-state index contributed by atoms with van der Waals surface area (Å²) in [6.07, 6.45) is 4.81. The maximum atomic E-state index is 11.8. The van der Waals surface area contributed by atoms with Gasteiger partial charge in [-0.1, -0.05) is 17.7 Å². The molecule has 0 saturated heterocycles. The second kappa shape index (κ2) is 4.76. The lowest BCUT2D eigenvalue weighted by atomic mass is 10.3. The molecule has 0 saturated carbocycles. The molecule has 82 valence electrons. The average Bonchev–Trinajstić information content (AvgIpc) is 2.31. The normalized spacial score (nSPS) is 10.4. The molecular formula is C10H7BrClN3O. The molecule has 0 unspecified atom stereocenters. The Balaban J connectivity index is 2.37. The van der Waals surface area contributed by atoms with Crippen LogP contribution in [0.3, 0.4) is 0 Å². The third-order valence-electron chi connectivity index (χ3n) is 2.02. The summed E-state index contributed by atoms with van der Waals surface area (Å²) in [5, 5.41) is 0.174. The Labute approximate surface area is 105 Å². The molecule has 0 spiro atoms. The summed E-state index contributed by atoms with van der Waals surface area (Å²) in [4.78, 5) is 19.6. The van der Waals surface area contributed by atoms with E-state index in [9.17, 15) is 4.79 Å². The lowest BCUT2D eigenvalue weighted by Gasteiger charge is -2.05. The van der Waals surface area contributed by atoms with Gasteiger partial charge in [0.25, 0.3) is 5.56 Å². The van der Waals surface area contributed by atoms with E-state index in [1.165, 1.54) is 10.9 Å². The van der Waals surface area contributed by atoms with Gasteiger partial charge in [0, 0.05) is 12.4 Å². The van der Waals surface area contributed by atoms with Crippen LogP contribution in [0.15, 0.2) is 40.1 Å². The lowest BCUT2D eigenvalue weighted by molar-refractivity contribution is 0.728. The summed E-state index contributed by atoms with van der Waals surface area (Å²) in [7, 11) is 0. The van der Waals surface area contributed by atoms with Crippen molar-refractivity contribution in [3.8, 4) is 0 Å². The Morgan fingerprint density at radius 3 is 3.00 bits per heavy atom. The van der Waals surface area contributed by atoms with E-state index in [2.05, 4.69) is 25.9 Å². The van der Waals surface area contributed by atoms with Crippen molar-refractivity contribution in [3.63, 3.8) is 0 Å². The van der Waals surface area contributed by atoms with Gasteiger partial charge >= 0.3 is 0 Å². The fourth-order valence-electron chi connectivity index (χ4n) is 1.24. The highest BCUT2D eigenvalue weighted by Gasteiger charge is 2.06. The van der Waals surface area contributed by atoms with Crippen molar-refractivity contribution in [3.05, 3.63) is 56.4 Å². The first-order chi connectivity index (χ1) is 7.68. The molecule has 0 aliphatic rings. The van der Waals surface area contributed by atoms with Gasteiger partial charge in [0.15, 0.2) is 5.15 Å². The van der Waals surface area contributed by atoms with E-state index in [1.807, 2.05) is 12.1 Å². The first-order valence-electron chi connectivity index (χ1n) is 4.48. The van der Waals surface area contributed by atoms with Crippen LogP contribution in [-0.2, 0) is 6.54 Å². The number of pyridine rings is 1. The predicted molar refractivity (Wildman–Crippen MR) is 64.5 cm³/mol. The zero-order valence-corrected chi connectivity index (χ0v) is 10.4. The fourth-order valence-corrected chi connectivity index (χ4v) is 1.70. The van der Waals surface area contributed by atoms with E-state index in [-0.39, 0.29) is 15.2 Å². The Hall–Kier alpha value is -1.20. The summed E-state index contributed by atoms with van der Waals surface area (Å²) in [5.41, 5.74) is 0.726. The first-order valence-corrected chi connectivity index (χ1v) is 5.65.